The van der Waals surface area contributed by atoms with E-state index in [0.29, 0.717) is 23.6 Å². The monoisotopic (exact) mass is 450 g/mol. The molecule has 0 spiro atoms. The summed E-state index contributed by atoms with van der Waals surface area (Å²) in [5.74, 6) is 1.18. The van der Waals surface area contributed by atoms with Crippen LogP contribution >= 0.6 is 11.8 Å². The molecule has 11 heteroatoms. The molecule has 2 aromatic rings. The Balaban J connectivity index is 1.85. The number of urea groups is 1. The maximum absolute atomic E-state index is 13.0. The van der Waals surface area contributed by atoms with Crippen molar-refractivity contribution in [3.8, 4) is 5.75 Å². The molecule has 1 atom stereocenters. The Labute approximate surface area is 172 Å². The Morgan fingerprint density at radius 1 is 1.03 bits per heavy atom. The van der Waals surface area contributed by atoms with Crippen molar-refractivity contribution in [3.63, 3.8) is 0 Å². The first-order chi connectivity index (χ1) is 14.0. The summed E-state index contributed by atoms with van der Waals surface area (Å²) < 4.78 is 83.2. The zero-order chi connectivity index (χ0) is 22.1. The molecule has 0 aromatic heterocycles. The number of hydrogen-bond donors (Lipinski definition) is 1. The summed E-state index contributed by atoms with van der Waals surface area (Å²) in [5.41, 5.74) is -2.80. The molecule has 1 fully saturated rings. The van der Waals surface area contributed by atoms with Gasteiger partial charge in [0.1, 0.15) is 11.1 Å². The van der Waals surface area contributed by atoms with Crippen molar-refractivity contribution in [2.45, 2.75) is 17.7 Å². The van der Waals surface area contributed by atoms with Crippen LogP contribution in [0.3, 0.4) is 0 Å². The first-order valence-electron chi connectivity index (χ1n) is 8.61. The molecule has 0 aliphatic carbocycles. The van der Waals surface area contributed by atoms with Gasteiger partial charge in [0, 0.05) is 18.0 Å². The number of thioether (sulfide) groups is 1. The Morgan fingerprint density at radius 2 is 1.60 bits per heavy atom. The Bertz CT molecular complexity index is 882. The third-order valence-corrected chi connectivity index (χ3v) is 5.65. The molecule has 1 N–H and O–H groups in total. The fraction of sp³-hybridized carbons (Fsp3) is 0.316. The van der Waals surface area contributed by atoms with Crippen molar-refractivity contribution in [2.24, 2.45) is 0 Å². The number of halogens is 6. The molecule has 162 valence electrons. The number of ether oxygens (including phenoxy) is 1. The summed E-state index contributed by atoms with van der Waals surface area (Å²) in [5, 5.41) is 1.75. The normalized spacial score (nSPS) is 17.2. The summed E-state index contributed by atoms with van der Waals surface area (Å²) in [7, 11) is 1.50. The second-order valence-electron chi connectivity index (χ2n) is 6.41. The largest absolute Gasteiger partial charge is 0.497 e. The highest BCUT2D eigenvalue weighted by atomic mass is 32.2. The summed E-state index contributed by atoms with van der Waals surface area (Å²) in [4.78, 5) is 14.0. The van der Waals surface area contributed by atoms with Gasteiger partial charge in [0.05, 0.1) is 18.2 Å². The van der Waals surface area contributed by atoms with E-state index in [2.05, 4.69) is 5.32 Å². The molecule has 1 aliphatic heterocycles. The third-order valence-electron chi connectivity index (χ3n) is 4.39. The van der Waals surface area contributed by atoms with Crippen LogP contribution in [0.5, 0.6) is 5.75 Å². The number of benzene rings is 2. The average molecular weight is 450 g/mol. The van der Waals surface area contributed by atoms with Crippen molar-refractivity contribution in [1.29, 1.82) is 0 Å². The molecule has 1 unspecified atom stereocenters. The lowest BCUT2D eigenvalue weighted by molar-refractivity contribution is -0.143. The zero-order valence-electron chi connectivity index (χ0n) is 15.5. The van der Waals surface area contributed by atoms with E-state index in [4.69, 9.17) is 4.74 Å². The minimum atomic E-state index is -4.99. The molecule has 4 nitrogen and oxygen atoms in total. The van der Waals surface area contributed by atoms with Crippen molar-refractivity contribution in [1.82, 2.24) is 4.90 Å². The summed E-state index contributed by atoms with van der Waals surface area (Å²) in [6.07, 6.45) is -9.98. The van der Waals surface area contributed by atoms with Gasteiger partial charge in [-0.3, -0.25) is 0 Å². The van der Waals surface area contributed by atoms with E-state index in [1.807, 2.05) is 0 Å². The van der Waals surface area contributed by atoms with Gasteiger partial charge < -0.3 is 15.0 Å². The molecular weight excluding hydrogens is 434 g/mol. The third kappa shape index (κ3) is 4.94. The zero-order valence-corrected chi connectivity index (χ0v) is 16.3. The number of carbonyl (C=O) groups excluding carboxylic acids is 1. The summed E-state index contributed by atoms with van der Waals surface area (Å²) >= 11 is 1.44. The lowest BCUT2D eigenvalue weighted by Gasteiger charge is -2.25. The smallest absolute Gasteiger partial charge is 0.416 e. The topological polar surface area (TPSA) is 41.6 Å². The SMILES string of the molecule is COc1ccc(C2SCCN2C(=O)Nc2cc(C(F)(F)F)cc(C(F)(F)F)c2)cc1. The van der Waals surface area contributed by atoms with Crippen LogP contribution in [-0.2, 0) is 12.4 Å². The van der Waals surface area contributed by atoms with E-state index in [1.165, 1.54) is 23.8 Å². The van der Waals surface area contributed by atoms with E-state index in [1.54, 1.807) is 24.3 Å². The highest BCUT2D eigenvalue weighted by Gasteiger charge is 2.37. The molecule has 1 aliphatic rings. The number of alkyl halides is 6. The number of rotatable bonds is 3. The number of nitrogens with one attached hydrogen (secondary N) is 1. The van der Waals surface area contributed by atoms with Crippen LogP contribution in [0, 0.1) is 0 Å². The van der Waals surface area contributed by atoms with Gasteiger partial charge in [0.25, 0.3) is 0 Å². The molecule has 30 heavy (non-hydrogen) atoms. The molecule has 3 rings (SSSR count). The van der Waals surface area contributed by atoms with Crippen LogP contribution in [0.1, 0.15) is 22.1 Å². The van der Waals surface area contributed by atoms with Gasteiger partial charge in [0.15, 0.2) is 0 Å². The minimum absolute atomic E-state index is 0.0154. The number of nitrogens with zero attached hydrogens (tertiary/aromatic N) is 1. The first-order valence-corrected chi connectivity index (χ1v) is 9.66. The molecular formula is C19H16F6N2O2S. The van der Waals surface area contributed by atoms with Crippen molar-refractivity contribution < 1.29 is 35.9 Å². The summed E-state index contributed by atoms with van der Waals surface area (Å²) in [6.45, 7) is 0.290. The number of hydrogen-bond acceptors (Lipinski definition) is 3. The van der Waals surface area contributed by atoms with E-state index in [0.717, 1.165) is 5.56 Å². The molecule has 0 bridgehead atoms. The fourth-order valence-corrected chi connectivity index (χ4v) is 4.20. The molecule has 1 saturated heterocycles. The predicted octanol–water partition coefficient (Wildman–Crippen LogP) is 6.01. The van der Waals surface area contributed by atoms with Crippen molar-refractivity contribution >= 4 is 23.5 Å². The van der Waals surface area contributed by atoms with Crippen LogP contribution in [0.2, 0.25) is 0 Å². The number of anilines is 1. The van der Waals surface area contributed by atoms with Gasteiger partial charge in [-0.15, -0.1) is 11.8 Å². The second kappa shape index (κ2) is 8.29. The van der Waals surface area contributed by atoms with Gasteiger partial charge in [-0.1, -0.05) is 12.1 Å². The lowest BCUT2D eigenvalue weighted by atomic mass is 10.1. The van der Waals surface area contributed by atoms with Crippen LogP contribution in [0.25, 0.3) is 0 Å². The predicted molar refractivity (Wildman–Crippen MR) is 100 cm³/mol. The van der Waals surface area contributed by atoms with Gasteiger partial charge >= 0.3 is 18.4 Å². The van der Waals surface area contributed by atoms with Crippen LogP contribution in [0.4, 0.5) is 36.8 Å². The molecule has 0 radical (unpaired) electrons. The Hall–Kier alpha value is -2.56. The Morgan fingerprint density at radius 3 is 2.10 bits per heavy atom. The molecule has 2 aromatic carbocycles. The number of amides is 2. The second-order valence-corrected chi connectivity index (χ2v) is 7.60. The average Bonchev–Trinajstić information content (AvgIpc) is 3.16. The van der Waals surface area contributed by atoms with Crippen LogP contribution in [0.15, 0.2) is 42.5 Å². The fourth-order valence-electron chi connectivity index (χ4n) is 2.95. The van der Waals surface area contributed by atoms with Gasteiger partial charge in [-0.05, 0) is 35.9 Å². The highest BCUT2D eigenvalue weighted by Crippen LogP contribution is 2.40. The highest BCUT2D eigenvalue weighted by molar-refractivity contribution is 7.99. The van der Waals surface area contributed by atoms with Gasteiger partial charge in [0.2, 0.25) is 0 Å². The van der Waals surface area contributed by atoms with E-state index in [9.17, 15) is 31.1 Å². The number of methoxy groups -OCH3 is 1. The van der Waals surface area contributed by atoms with Crippen molar-refractivity contribution in [2.75, 3.05) is 24.7 Å². The van der Waals surface area contributed by atoms with Crippen LogP contribution < -0.4 is 10.1 Å². The molecule has 0 saturated carbocycles. The van der Waals surface area contributed by atoms with Crippen LogP contribution in [-0.4, -0.2) is 30.3 Å². The van der Waals surface area contributed by atoms with Gasteiger partial charge in [-0.25, -0.2) is 4.79 Å². The minimum Gasteiger partial charge on any atom is -0.497 e. The van der Waals surface area contributed by atoms with Gasteiger partial charge in [-0.2, -0.15) is 26.3 Å². The summed E-state index contributed by atoms with van der Waals surface area (Å²) in [6, 6.07) is 7.09. The maximum atomic E-state index is 13.0. The van der Waals surface area contributed by atoms with E-state index >= 15 is 0 Å². The first kappa shape index (κ1) is 22.1. The quantitative estimate of drug-likeness (QED) is 0.582. The lowest BCUT2D eigenvalue weighted by Crippen LogP contribution is -2.34. The molecule has 1 heterocycles. The van der Waals surface area contributed by atoms with E-state index < -0.39 is 40.6 Å². The Kier molecular flexibility index (Phi) is 6.11. The number of carbonyl (C=O) groups is 1. The van der Waals surface area contributed by atoms with Crippen molar-refractivity contribution in [3.05, 3.63) is 59.2 Å². The van der Waals surface area contributed by atoms with E-state index in [-0.39, 0.29) is 12.6 Å². The maximum Gasteiger partial charge on any atom is 0.416 e. The molecule has 2 amide bonds. The standard InChI is InChI=1S/C19H16F6N2O2S/c1-29-15-4-2-11(3-5-15)16-27(6-7-30-16)17(28)26-14-9-12(18(20,21)22)8-13(10-14)19(23,24)25/h2-5,8-10,16H,6-7H2,1H3,(H,26,28).